The average Bonchev–Trinajstić information content (AvgIpc) is 2.40. The maximum absolute atomic E-state index is 13.7. The Morgan fingerprint density at radius 3 is 2.57 bits per heavy atom. The molecule has 0 unspecified atom stereocenters. The number of benzene rings is 2. The SMILES string of the molecule is O=C(Nc1ccc([N+](=O)[O-])cc1Cl)c1ccc(Br)cc1F. The minimum absolute atomic E-state index is 0.00456. The highest BCUT2D eigenvalue weighted by atomic mass is 79.9. The standard InChI is InChI=1S/C13H7BrClFN2O3/c14-7-1-3-9(11(16)5-7)13(19)17-12-4-2-8(18(20)21)6-10(12)15/h1-6H,(H,17,19). The lowest BCUT2D eigenvalue weighted by Gasteiger charge is -2.08. The zero-order valence-corrected chi connectivity index (χ0v) is 12.6. The lowest BCUT2D eigenvalue weighted by atomic mass is 10.2. The summed E-state index contributed by atoms with van der Waals surface area (Å²) in [6, 6.07) is 7.58. The first-order chi connectivity index (χ1) is 9.88. The maximum atomic E-state index is 13.7. The molecule has 2 aromatic carbocycles. The number of nitrogens with one attached hydrogen (secondary N) is 1. The summed E-state index contributed by atoms with van der Waals surface area (Å²) in [5, 5.41) is 13.0. The molecule has 21 heavy (non-hydrogen) atoms. The summed E-state index contributed by atoms with van der Waals surface area (Å²) >= 11 is 8.94. The number of nitro benzene ring substituents is 1. The molecule has 0 saturated heterocycles. The molecule has 5 nitrogen and oxygen atoms in total. The topological polar surface area (TPSA) is 72.2 Å². The molecule has 0 aromatic heterocycles. The number of carbonyl (C=O) groups is 1. The Kier molecular flexibility index (Phi) is 4.54. The van der Waals surface area contributed by atoms with Gasteiger partial charge in [0.2, 0.25) is 0 Å². The highest BCUT2D eigenvalue weighted by Crippen LogP contribution is 2.27. The van der Waals surface area contributed by atoms with Crippen LogP contribution >= 0.6 is 27.5 Å². The van der Waals surface area contributed by atoms with Crippen molar-refractivity contribution in [2.24, 2.45) is 0 Å². The zero-order valence-electron chi connectivity index (χ0n) is 10.3. The summed E-state index contributed by atoms with van der Waals surface area (Å²) in [7, 11) is 0. The van der Waals surface area contributed by atoms with E-state index in [-0.39, 0.29) is 22.0 Å². The molecule has 0 aliphatic rings. The highest BCUT2D eigenvalue weighted by Gasteiger charge is 2.15. The molecule has 0 aliphatic carbocycles. The third-order valence-electron chi connectivity index (χ3n) is 2.59. The summed E-state index contributed by atoms with van der Waals surface area (Å²) in [4.78, 5) is 21.9. The Morgan fingerprint density at radius 1 is 1.29 bits per heavy atom. The van der Waals surface area contributed by atoms with Crippen molar-refractivity contribution >= 4 is 44.8 Å². The summed E-state index contributed by atoms with van der Waals surface area (Å²) in [6.07, 6.45) is 0. The third kappa shape index (κ3) is 3.56. The molecule has 0 aliphatic heterocycles. The Morgan fingerprint density at radius 2 is 2.00 bits per heavy atom. The molecule has 0 spiro atoms. The molecule has 0 saturated carbocycles. The van der Waals surface area contributed by atoms with E-state index in [1.165, 1.54) is 24.3 Å². The van der Waals surface area contributed by atoms with Crippen LogP contribution in [-0.4, -0.2) is 10.8 Å². The first-order valence-corrected chi connectivity index (χ1v) is 6.76. The lowest BCUT2D eigenvalue weighted by molar-refractivity contribution is -0.384. The predicted molar refractivity (Wildman–Crippen MR) is 80.2 cm³/mol. The average molecular weight is 374 g/mol. The molecule has 0 fully saturated rings. The van der Waals surface area contributed by atoms with Gasteiger partial charge in [0.15, 0.2) is 0 Å². The molecular weight excluding hydrogens is 367 g/mol. The Labute approximate surface area is 132 Å². The number of anilines is 1. The fraction of sp³-hybridized carbons (Fsp3) is 0. The van der Waals surface area contributed by atoms with Crippen LogP contribution in [0.15, 0.2) is 40.9 Å². The fourth-order valence-corrected chi connectivity index (χ4v) is 2.14. The second-order valence-corrected chi connectivity index (χ2v) is 5.32. The first kappa shape index (κ1) is 15.4. The van der Waals surface area contributed by atoms with Crippen molar-refractivity contribution in [3.05, 3.63) is 67.4 Å². The van der Waals surface area contributed by atoms with E-state index in [4.69, 9.17) is 11.6 Å². The van der Waals surface area contributed by atoms with E-state index in [0.717, 1.165) is 12.1 Å². The van der Waals surface area contributed by atoms with Crippen LogP contribution in [0.3, 0.4) is 0 Å². The number of nitro groups is 1. The van der Waals surface area contributed by atoms with Crippen LogP contribution in [0.25, 0.3) is 0 Å². The Balaban J connectivity index is 2.25. The van der Waals surface area contributed by atoms with Gasteiger partial charge in [-0.3, -0.25) is 14.9 Å². The van der Waals surface area contributed by atoms with Crippen molar-refractivity contribution in [3.63, 3.8) is 0 Å². The highest BCUT2D eigenvalue weighted by molar-refractivity contribution is 9.10. The van der Waals surface area contributed by atoms with Gasteiger partial charge < -0.3 is 5.32 Å². The van der Waals surface area contributed by atoms with Crippen molar-refractivity contribution < 1.29 is 14.1 Å². The summed E-state index contributed by atoms with van der Waals surface area (Å²) in [5.74, 6) is -1.39. The maximum Gasteiger partial charge on any atom is 0.271 e. The molecule has 0 bridgehead atoms. The zero-order chi connectivity index (χ0) is 15.6. The lowest BCUT2D eigenvalue weighted by Crippen LogP contribution is -2.14. The molecule has 2 rings (SSSR count). The molecule has 0 heterocycles. The van der Waals surface area contributed by atoms with Crippen LogP contribution in [0.5, 0.6) is 0 Å². The van der Waals surface area contributed by atoms with Gasteiger partial charge in [0.05, 0.1) is 21.2 Å². The number of hydrogen-bond acceptors (Lipinski definition) is 3. The number of amides is 1. The summed E-state index contributed by atoms with van der Waals surface area (Å²) in [5.41, 5.74) is -0.199. The number of halogens is 3. The number of carbonyl (C=O) groups excluding carboxylic acids is 1. The van der Waals surface area contributed by atoms with Gasteiger partial charge in [-0.15, -0.1) is 0 Å². The van der Waals surface area contributed by atoms with Crippen molar-refractivity contribution in [2.45, 2.75) is 0 Å². The quantitative estimate of drug-likeness (QED) is 0.640. The van der Waals surface area contributed by atoms with E-state index in [0.29, 0.717) is 4.47 Å². The molecule has 2 aromatic rings. The van der Waals surface area contributed by atoms with E-state index in [1.807, 2.05) is 0 Å². The molecule has 0 atom stereocenters. The monoisotopic (exact) mass is 372 g/mol. The minimum Gasteiger partial charge on any atom is -0.321 e. The third-order valence-corrected chi connectivity index (χ3v) is 3.39. The van der Waals surface area contributed by atoms with Crippen molar-refractivity contribution in [2.75, 3.05) is 5.32 Å². The van der Waals surface area contributed by atoms with Crippen molar-refractivity contribution in [1.82, 2.24) is 0 Å². The first-order valence-electron chi connectivity index (χ1n) is 5.59. The fourth-order valence-electron chi connectivity index (χ4n) is 1.58. The van der Waals surface area contributed by atoms with Crippen molar-refractivity contribution in [1.29, 1.82) is 0 Å². The smallest absolute Gasteiger partial charge is 0.271 e. The van der Waals surface area contributed by atoms with Gasteiger partial charge in [0, 0.05) is 16.6 Å². The second kappa shape index (κ2) is 6.19. The van der Waals surface area contributed by atoms with Gasteiger partial charge in [-0.2, -0.15) is 0 Å². The predicted octanol–water partition coefficient (Wildman–Crippen LogP) is 4.40. The molecule has 8 heteroatoms. The Hall–Kier alpha value is -1.99. The van der Waals surface area contributed by atoms with E-state index in [9.17, 15) is 19.3 Å². The minimum atomic E-state index is -0.698. The van der Waals surface area contributed by atoms with Crippen LogP contribution in [-0.2, 0) is 0 Å². The molecule has 1 amide bonds. The number of non-ortho nitro benzene ring substituents is 1. The van der Waals surface area contributed by atoms with Gasteiger partial charge in [-0.1, -0.05) is 27.5 Å². The van der Waals surface area contributed by atoms with Gasteiger partial charge in [-0.05, 0) is 24.3 Å². The van der Waals surface area contributed by atoms with Gasteiger partial charge in [0.1, 0.15) is 5.82 Å². The molecule has 1 N–H and O–H groups in total. The van der Waals surface area contributed by atoms with Crippen LogP contribution in [0.4, 0.5) is 15.8 Å². The normalized spacial score (nSPS) is 10.2. The number of nitrogens with zero attached hydrogens (tertiary/aromatic N) is 1. The molecule has 0 radical (unpaired) electrons. The second-order valence-electron chi connectivity index (χ2n) is 4.00. The van der Waals surface area contributed by atoms with Crippen LogP contribution in [0.2, 0.25) is 5.02 Å². The summed E-state index contributed by atoms with van der Waals surface area (Å²) < 4.78 is 14.2. The molecular formula is C13H7BrClFN2O3. The van der Waals surface area contributed by atoms with Crippen LogP contribution in [0, 0.1) is 15.9 Å². The largest absolute Gasteiger partial charge is 0.321 e. The molecule has 108 valence electrons. The van der Waals surface area contributed by atoms with E-state index in [1.54, 1.807) is 0 Å². The van der Waals surface area contributed by atoms with Crippen LogP contribution in [0.1, 0.15) is 10.4 Å². The number of rotatable bonds is 3. The number of hydrogen-bond donors (Lipinski definition) is 1. The summed E-state index contributed by atoms with van der Waals surface area (Å²) in [6.45, 7) is 0. The van der Waals surface area contributed by atoms with Gasteiger partial charge >= 0.3 is 0 Å². The van der Waals surface area contributed by atoms with Gasteiger partial charge in [-0.25, -0.2) is 4.39 Å². The van der Waals surface area contributed by atoms with Crippen LogP contribution < -0.4 is 5.32 Å². The van der Waals surface area contributed by atoms with E-state index < -0.39 is 16.6 Å². The van der Waals surface area contributed by atoms with E-state index in [2.05, 4.69) is 21.2 Å². The van der Waals surface area contributed by atoms with Gasteiger partial charge in [0.25, 0.3) is 11.6 Å². The van der Waals surface area contributed by atoms with Crippen molar-refractivity contribution in [3.8, 4) is 0 Å². The Bertz CT molecular complexity index is 739. The van der Waals surface area contributed by atoms with E-state index >= 15 is 0 Å².